The summed E-state index contributed by atoms with van der Waals surface area (Å²) in [6.07, 6.45) is 13.2. The fourth-order valence-corrected chi connectivity index (χ4v) is 7.44. The van der Waals surface area contributed by atoms with E-state index >= 15 is 0 Å². The third-order valence-corrected chi connectivity index (χ3v) is 8.87. The van der Waals surface area contributed by atoms with Crippen LogP contribution in [0, 0.1) is 11.8 Å². The van der Waals surface area contributed by atoms with E-state index in [0.29, 0.717) is 11.7 Å². The van der Waals surface area contributed by atoms with Crippen LogP contribution in [-0.2, 0) is 17.6 Å². The SMILES string of the molecule is O=C(CSc1ncnc2sc3c(c12)CCCC3)N1CC[C@H]2CCCC[C@@H]2C1. The molecular weight excluding hydrogens is 374 g/mol. The molecule has 3 aliphatic rings. The molecule has 2 fully saturated rings. The van der Waals surface area contributed by atoms with Gasteiger partial charge < -0.3 is 4.90 Å². The van der Waals surface area contributed by atoms with Gasteiger partial charge in [0.2, 0.25) is 5.91 Å². The van der Waals surface area contributed by atoms with Crippen LogP contribution in [0.25, 0.3) is 10.2 Å². The van der Waals surface area contributed by atoms with Gasteiger partial charge in [-0.05, 0) is 55.9 Å². The number of carbonyl (C=O) groups excluding carboxylic acids is 1. The number of likely N-dealkylation sites (tertiary alicyclic amines) is 1. The number of rotatable bonds is 3. The minimum atomic E-state index is 0.292. The number of nitrogens with zero attached hydrogens (tertiary/aromatic N) is 3. The lowest BCUT2D eigenvalue weighted by Gasteiger charge is -2.41. The molecule has 2 atom stereocenters. The van der Waals surface area contributed by atoms with Crippen molar-refractivity contribution in [2.45, 2.75) is 62.8 Å². The summed E-state index contributed by atoms with van der Waals surface area (Å²) >= 11 is 3.45. The second kappa shape index (κ2) is 7.70. The summed E-state index contributed by atoms with van der Waals surface area (Å²) in [7, 11) is 0. The van der Waals surface area contributed by atoms with Gasteiger partial charge in [-0.15, -0.1) is 11.3 Å². The molecule has 2 aromatic heterocycles. The summed E-state index contributed by atoms with van der Waals surface area (Å²) < 4.78 is 0. The number of amides is 1. The number of hydrogen-bond acceptors (Lipinski definition) is 5. The van der Waals surface area contributed by atoms with E-state index in [0.717, 1.165) is 41.2 Å². The van der Waals surface area contributed by atoms with Gasteiger partial charge in [-0.2, -0.15) is 0 Å². The van der Waals surface area contributed by atoms with Gasteiger partial charge >= 0.3 is 0 Å². The lowest BCUT2D eigenvalue weighted by molar-refractivity contribution is -0.131. The zero-order chi connectivity index (χ0) is 18.2. The Bertz CT molecular complexity index is 849. The number of aryl methyl sites for hydroxylation is 2. The largest absolute Gasteiger partial charge is 0.342 e. The fourth-order valence-electron chi connectivity index (χ4n) is 5.22. The van der Waals surface area contributed by atoms with Gasteiger partial charge in [-0.1, -0.05) is 31.0 Å². The third-order valence-electron chi connectivity index (χ3n) is 6.69. The van der Waals surface area contributed by atoms with Crippen molar-refractivity contribution in [2.24, 2.45) is 11.8 Å². The maximum absolute atomic E-state index is 12.9. The van der Waals surface area contributed by atoms with Gasteiger partial charge in [0.15, 0.2) is 0 Å². The number of thiophene rings is 1. The van der Waals surface area contributed by atoms with Crippen molar-refractivity contribution in [3.8, 4) is 0 Å². The molecule has 0 aromatic carbocycles. The molecule has 0 unspecified atom stereocenters. The molecule has 2 aromatic rings. The molecule has 0 spiro atoms. The molecule has 1 saturated carbocycles. The van der Waals surface area contributed by atoms with E-state index < -0.39 is 0 Å². The van der Waals surface area contributed by atoms with Gasteiger partial charge in [0.25, 0.3) is 0 Å². The van der Waals surface area contributed by atoms with Gasteiger partial charge in [-0.25, -0.2) is 9.97 Å². The highest BCUT2D eigenvalue weighted by molar-refractivity contribution is 8.00. The number of piperidine rings is 1. The van der Waals surface area contributed by atoms with Crippen LogP contribution < -0.4 is 0 Å². The first-order chi connectivity index (χ1) is 13.3. The molecule has 0 N–H and O–H groups in total. The highest BCUT2D eigenvalue weighted by atomic mass is 32.2. The van der Waals surface area contributed by atoms with E-state index in [4.69, 9.17) is 0 Å². The Hall–Kier alpha value is -1.14. The highest BCUT2D eigenvalue weighted by Gasteiger charge is 2.33. The van der Waals surface area contributed by atoms with Crippen LogP contribution in [0.5, 0.6) is 0 Å². The van der Waals surface area contributed by atoms with Crippen LogP contribution in [0.2, 0.25) is 0 Å². The zero-order valence-electron chi connectivity index (χ0n) is 15.8. The second-order valence-corrected chi connectivity index (χ2v) is 10.3. The maximum atomic E-state index is 12.9. The standard InChI is InChI=1S/C21H27N3OS2/c25-18(24-10-9-14-5-1-2-6-15(14)11-24)12-26-20-19-16-7-3-4-8-17(16)27-21(19)23-13-22-20/h13-15H,1-12H2/t14-,15-/m1/s1. The van der Waals surface area contributed by atoms with Crippen molar-refractivity contribution in [3.05, 3.63) is 16.8 Å². The molecule has 1 saturated heterocycles. The average molecular weight is 402 g/mol. The first-order valence-electron chi connectivity index (χ1n) is 10.5. The number of hydrogen-bond donors (Lipinski definition) is 0. The molecule has 144 valence electrons. The normalized spacial score (nSPS) is 25.3. The fraction of sp³-hybridized carbons (Fsp3) is 0.667. The summed E-state index contributed by atoms with van der Waals surface area (Å²) in [5, 5.41) is 2.25. The number of thioether (sulfide) groups is 1. The highest BCUT2D eigenvalue weighted by Crippen LogP contribution is 2.40. The van der Waals surface area contributed by atoms with E-state index in [-0.39, 0.29) is 0 Å². The molecule has 5 rings (SSSR count). The minimum absolute atomic E-state index is 0.292. The molecule has 2 aliphatic carbocycles. The first-order valence-corrected chi connectivity index (χ1v) is 12.3. The maximum Gasteiger partial charge on any atom is 0.232 e. The van der Waals surface area contributed by atoms with Crippen LogP contribution >= 0.6 is 23.1 Å². The van der Waals surface area contributed by atoms with E-state index in [1.807, 2.05) is 11.3 Å². The monoisotopic (exact) mass is 401 g/mol. The van der Waals surface area contributed by atoms with Gasteiger partial charge in [0.05, 0.1) is 5.75 Å². The van der Waals surface area contributed by atoms with Crippen molar-refractivity contribution < 1.29 is 4.79 Å². The third kappa shape index (κ3) is 3.51. The van der Waals surface area contributed by atoms with Gasteiger partial charge in [0.1, 0.15) is 16.2 Å². The summed E-state index contributed by atoms with van der Waals surface area (Å²) in [5.41, 5.74) is 1.46. The second-order valence-electron chi connectivity index (χ2n) is 8.29. The van der Waals surface area contributed by atoms with Crippen LogP contribution in [0.3, 0.4) is 0 Å². The number of aromatic nitrogens is 2. The Morgan fingerprint density at radius 2 is 1.96 bits per heavy atom. The Morgan fingerprint density at radius 1 is 1.11 bits per heavy atom. The molecule has 1 aliphatic heterocycles. The quantitative estimate of drug-likeness (QED) is 0.552. The molecular formula is C21H27N3OS2. The van der Waals surface area contributed by atoms with Crippen molar-refractivity contribution in [3.63, 3.8) is 0 Å². The molecule has 27 heavy (non-hydrogen) atoms. The van der Waals surface area contributed by atoms with Gasteiger partial charge in [-0.3, -0.25) is 4.79 Å². The predicted octanol–water partition coefficient (Wildman–Crippen LogP) is 4.70. The smallest absolute Gasteiger partial charge is 0.232 e. The topological polar surface area (TPSA) is 46.1 Å². The molecule has 0 radical (unpaired) electrons. The molecule has 0 bridgehead atoms. The Labute approximate surface area is 169 Å². The Morgan fingerprint density at radius 3 is 2.89 bits per heavy atom. The molecule has 3 heterocycles. The van der Waals surface area contributed by atoms with Crippen molar-refractivity contribution in [1.82, 2.24) is 14.9 Å². The molecule has 4 nitrogen and oxygen atoms in total. The van der Waals surface area contributed by atoms with Crippen LogP contribution in [0.1, 0.15) is 55.4 Å². The number of carbonyl (C=O) groups is 1. The minimum Gasteiger partial charge on any atom is -0.342 e. The van der Waals surface area contributed by atoms with Crippen molar-refractivity contribution in [1.29, 1.82) is 0 Å². The van der Waals surface area contributed by atoms with Gasteiger partial charge in [0, 0.05) is 23.4 Å². The summed E-state index contributed by atoms with van der Waals surface area (Å²) in [6, 6.07) is 0. The Kier molecular flexibility index (Phi) is 5.11. The van der Waals surface area contributed by atoms with Crippen LogP contribution in [0.4, 0.5) is 0 Å². The average Bonchev–Trinajstić information content (AvgIpc) is 3.11. The lowest BCUT2D eigenvalue weighted by atomic mass is 9.75. The van der Waals surface area contributed by atoms with Crippen molar-refractivity contribution in [2.75, 3.05) is 18.8 Å². The molecule has 1 amide bonds. The first kappa shape index (κ1) is 17.9. The summed E-state index contributed by atoms with van der Waals surface area (Å²) in [6.45, 7) is 1.94. The summed E-state index contributed by atoms with van der Waals surface area (Å²) in [4.78, 5) is 26.7. The zero-order valence-corrected chi connectivity index (χ0v) is 17.4. The van der Waals surface area contributed by atoms with E-state index in [2.05, 4.69) is 14.9 Å². The Balaban J connectivity index is 1.29. The predicted molar refractivity (Wildman–Crippen MR) is 111 cm³/mol. The van der Waals surface area contributed by atoms with Crippen molar-refractivity contribution >= 4 is 39.2 Å². The van der Waals surface area contributed by atoms with E-state index in [9.17, 15) is 4.79 Å². The summed E-state index contributed by atoms with van der Waals surface area (Å²) in [5.74, 6) is 2.42. The molecule has 6 heteroatoms. The van der Waals surface area contributed by atoms with E-state index in [1.54, 1.807) is 18.1 Å². The van der Waals surface area contributed by atoms with E-state index in [1.165, 1.54) is 67.2 Å². The number of fused-ring (bicyclic) bond motifs is 4. The van der Waals surface area contributed by atoms with Crippen LogP contribution in [0.15, 0.2) is 11.4 Å². The lowest BCUT2D eigenvalue weighted by Crippen LogP contribution is -2.45. The van der Waals surface area contributed by atoms with Crippen LogP contribution in [-0.4, -0.2) is 39.6 Å².